The van der Waals surface area contributed by atoms with Crippen LogP contribution in [0.25, 0.3) is 0 Å². The second-order valence-corrected chi connectivity index (χ2v) is 11.0. The molecule has 0 saturated heterocycles. The zero-order valence-electron chi connectivity index (χ0n) is 19.4. The van der Waals surface area contributed by atoms with E-state index in [0.717, 1.165) is 36.8 Å². The van der Waals surface area contributed by atoms with Crippen LogP contribution in [0.5, 0.6) is 0 Å². The summed E-state index contributed by atoms with van der Waals surface area (Å²) in [6.07, 6.45) is 8.65. The average Bonchev–Trinajstić information content (AvgIpc) is 2.80. The summed E-state index contributed by atoms with van der Waals surface area (Å²) in [6.45, 7) is 0. The Morgan fingerprint density at radius 1 is 0.971 bits per heavy atom. The highest BCUT2D eigenvalue weighted by molar-refractivity contribution is 7.89. The van der Waals surface area contributed by atoms with Crippen LogP contribution in [-0.4, -0.2) is 32.3 Å². The lowest BCUT2D eigenvalue weighted by molar-refractivity contribution is -0.123. The first-order chi connectivity index (χ1) is 16.4. The Hall–Kier alpha value is -2.71. The van der Waals surface area contributed by atoms with Gasteiger partial charge < -0.3 is 10.6 Å². The van der Waals surface area contributed by atoms with E-state index >= 15 is 0 Å². The van der Waals surface area contributed by atoms with E-state index in [1.165, 1.54) is 25.3 Å². The van der Waals surface area contributed by atoms with Gasteiger partial charge in [-0.15, -0.1) is 0 Å². The van der Waals surface area contributed by atoms with E-state index in [2.05, 4.69) is 15.4 Å². The van der Waals surface area contributed by atoms with Crippen molar-refractivity contribution in [2.45, 2.75) is 81.2 Å². The first kappa shape index (κ1) is 24.4. The maximum Gasteiger partial charge on any atom is 0.241 e. The number of anilines is 1. The number of amides is 2. The molecule has 2 aromatic rings. The van der Waals surface area contributed by atoms with E-state index in [-0.39, 0.29) is 29.2 Å². The SMILES string of the molecule is O=C1CCc2cc(S(=O)(=O)N[C@H](Cc3ccccc3)C(=O)NC3CCCCCCC3)ccc2N1. The molecule has 3 N–H and O–H groups in total. The fourth-order valence-electron chi connectivity index (χ4n) is 4.72. The molecule has 4 rings (SSSR count). The van der Waals surface area contributed by atoms with Gasteiger partial charge in [-0.1, -0.05) is 62.4 Å². The lowest BCUT2D eigenvalue weighted by Gasteiger charge is -2.25. The van der Waals surface area contributed by atoms with Crippen LogP contribution in [-0.2, 0) is 32.5 Å². The quantitative estimate of drug-likeness (QED) is 0.559. The van der Waals surface area contributed by atoms with E-state index < -0.39 is 16.1 Å². The molecule has 2 aromatic carbocycles. The number of fused-ring (bicyclic) bond motifs is 1. The van der Waals surface area contributed by atoms with Crippen LogP contribution < -0.4 is 15.4 Å². The van der Waals surface area contributed by atoms with Gasteiger partial charge in [-0.2, -0.15) is 4.72 Å². The molecule has 2 aliphatic rings. The van der Waals surface area contributed by atoms with Crippen molar-refractivity contribution in [2.75, 3.05) is 5.32 Å². The molecule has 0 bridgehead atoms. The first-order valence-corrected chi connectivity index (χ1v) is 13.7. The Bertz CT molecular complexity index is 1110. The molecule has 2 amide bonds. The molecule has 7 nitrogen and oxygen atoms in total. The summed E-state index contributed by atoms with van der Waals surface area (Å²) in [6, 6.07) is 13.3. The number of sulfonamides is 1. The minimum atomic E-state index is -3.95. The Morgan fingerprint density at radius 2 is 1.68 bits per heavy atom. The molecule has 34 heavy (non-hydrogen) atoms. The Kier molecular flexibility index (Phi) is 8.00. The van der Waals surface area contributed by atoms with E-state index in [0.29, 0.717) is 18.5 Å². The molecule has 1 saturated carbocycles. The third-order valence-corrected chi connectivity index (χ3v) is 8.10. The summed E-state index contributed by atoms with van der Waals surface area (Å²) in [4.78, 5) is 25.0. The van der Waals surface area contributed by atoms with Gasteiger partial charge in [0, 0.05) is 18.2 Å². The molecule has 0 spiro atoms. The molecule has 0 aromatic heterocycles. The molecule has 0 unspecified atom stereocenters. The second-order valence-electron chi connectivity index (χ2n) is 9.28. The molecule has 1 heterocycles. The average molecular weight is 484 g/mol. The summed E-state index contributed by atoms with van der Waals surface area (Å²) in [7, 11) is -3.95. The number of hydrogen-bond donors (Lipinski definition) is 3. The van der Waals surface area contributed by atoms with Gasteiger partial charge >= 0.3 is 0 Å². The Balaban J connectivity index is 1.53. The molecule has 8 heteroatoms. The lowest BCUT2D eigenvalue weighted by Crippen LogP contribution is -2.50. The number of aryl methyl sites for hydroxylation is 1. The molecule has 1 fully saturated rings. The Labute approximate surface area is 201 Å². The van der Waals surface area contributed by atoms with Crippen molar-refractivity contribution in [1.82, 2.24) is 10.0 Å². The number of carbonyl (C=O) groups excluding carboxylic acids is 2. The second kappa shape index (κ2) is 11.1. The van der Waals surface area contributed by atoms with Gasteiger partial charge in [-0.25, -0.2) is 8.42 Å². The van der Waals surface area contributed by atoms with Crippen LogP contribution in [0.3, 0.4) is 0 Å². The molecule has 1 aliphatic carbocycles. The highest BCUT2D eigenvalue weighted by Crippen LogP contribution is 2.26. The summed E-state index contributed by atoms with van der Waals surface area (Å²) in [5.41, 5.74) is 2.30. The van der Waals surface area contributed by atoms with Crippen LogP contribution >= 0.6 is 0 Å². The molecule has 1 aliphatic heterocycles. The third-order valence-electron chi connectivity index (χ3n) is 6.63. The topological polar surface area (TPSA) is 104 Å². The largest absolute Gasteiger partial charge is 0.352 e. The van der Waals surface area contributed by atoms with Crippen molar-refractivity contribution >= 4 is 27.5 Å². The molecule has 1 atom stereocenters. The van der Waals surface area contributed by atoms with Crippen molar-refractivity contribution in [2.24, 2.45) is 0 Å². The molecular formula is C26H33N3O4S. The number of benzene rings is 2. The maximum atomic E-state index is 13.3. The fourth-order valence-corrected chi connectivity index (χ4v) is 5.97. The zero-order valence-corrected chi connectivity index (χ0v) is 20.2. The summed E-state index contributed by atoms with van der Waals surface area (Å²) in [5, 5.41) is 5.89. The van der Waals surface area contributed by atoms with E-state index in [9.17, 15) is 18.0 Å². The fraction of sp³-hybridized carbons (Fsp3) is 0.462. The monoisotopic (exact) mass is 483 g/mol. The third kappa shape index (κ3) is 6.45. The minimum Gasteiger partial charge on any atom is -0.352 e. The van der Waals surface area contributed by atoms with Gasteiger partial charge in [0.2, 0.25) is 21.8 Å². The predicted octanol–water partition coefficient (Wildman–Crippen LogP) is 3.69. The molecule has 0 radical (unpaired) electrons. The number of carbonyl (C=O) groups is 2. The summed E-state index contributed by atoms with van der Waals surface area (Å²) in [5.74, 6) is -0.363. The number of hydrogen-bond acceptors (Lipinski definition) is 4. The highest BCUT2D eigenvalue weighted by atomic mass is 32.2. The van der Waals surface area contributed by atoms with Gasteiger partial charge in [0.05, 0.1) is 4.90 Å². The van der Waals surface area contributed by atoms with Crippen molar-refractivity contribution < 1.29 is 18.0 Å². The van der Waals surface area contributed by atoms with Crippen LogP contribution in [0.4, 0.5) is 5.69 Å². The van der Waals surface area contributed by atoms with E-state index in [1.807, 2.05) is 30.3 Å². The first-order valence-electron chi connectivity index (χ1n) is 12.2. The Morgan fingerprint density at radius 3 is 2.41 bits per heavy atom. The van der Waals surface area contributed by atoms with Crippen LogP contribution in [0, 0.1) is 0 Å². The van der Waals surface area contributed by atoms with Crippen molar-refractivity contribution in [3.8, 4) is 0 Å². The normalized spacial score (nSPS) is 18.2. The van der Waals surface area contributed by atoms with Crippen molar-refractivity contribution in [1.29, 1.82) is 0 Å². The van der Waals surface area contributed by atoms with Gasteiger partial charge in [0.1, 0.15) is 6.04 Å². The number of rotatable bonds is 7. The lowest BCUT2D eigenvalue weighted by atomic mass is 9.96. The van der Waals surface area contributed by atoms with Gasteiger partial charge in [-0.05, 0) is 55.0 Å². The van der Waals surface area contributed by atoms with Crippen molar-refractivity contribution in [3.05, 3.63) is 59.7 Å². The predicted molar refractivity (Wildman–Crippen MR) is 132 cm³/mol. The van der Waals surface area contributed by atoms with Crippen molar-refractivity contribution in [3.63, 3.8) is 0 Å². The van der Waals surface area contributed by atoms with E-state index in [4.69, 9.17) is 0 Å². The zero-order chi connectivity index (χ0) is 24.0. The summed E-state index contributed by atoms with van der Waals surface area (Å²) >= 11 is 0. The van der Waals surface area contributed by atoms with Gasteiger partial charge in [-0.3, -0.25) is 9.59 Å². The maximum absolute atomic E-state index is 13.3. The van der Waals surface area contributed by atoms with Gasteiger partial charge in [0.15, 0.2) is 0 Å². The van der Waals surface area contributed by atoms with Crippen LogP contribution in [0.1, 0.15) is 62.5 Å². The van der Waals surface area contributed by atoms with Crippen LogP contribution in [0.2, 0.25) is 0 Å². The standard InChI is InChI=1S/C26H33N3O4S/c30-25-16-13-20-18-22(14-15-23(20)28-25)34(32,33)29-24(17-19-9-5-4-6-10-19)26(31)27-21-11-7-2-1-3-8-12-21/h4-6,9-10,14-15,18,21,24,29H,1-3,7-8,11-13,16-17H2,(H,27,31)(H,28,30)/t24-/m1/s1. The smallest absolute Gasteiger partial charge is 0.241 e. The van der Waals surface area contributed by atoms with E-state index in [1.54, 1.807) is 12.1 Å². The highest BCUT2D eigenvalue weighted by Gasteiger charge is 2.28. The number of nitrogens with one attached hydrogen (secondary N) is 3. The van der Waals surface area contributed by atoms with Crippen LogP contribution in [0.15, 0.2) is 53.4 Å². The minimum absolute atomic E-state index is 0.0722. The van der Waals surface area contributed by atoms with Gasteiger partial charge in [0.25, 0.3) is 0 Å². The molecular weight excluding hydrogens is 450 g/mol. The molecule has 182 valence electrons. The summed E-state index contributed by atoms with van der Waals surface area (Å²) < 4.78 is 29.3.